The summed E-state index contributed by atoms with van der Waals surface area (Å²) in [4.78, 5) is 10.6. The lowest BCUT2D eigenvalue weighted by molar-refractivity contribution is -0.135. The average molecular weight is 139 g/mol. The number of allylic oxidation sites excluding steroid dienone is 1. The van der Waals surface area contributed by atoms with Gasteiger partial charge in [-0.2, -0.15) is 5.26 Å². The molecule has 0 aromatic heterocycles. The molecule has 0 aliphatic rings. The van der Waals surface area contributed by atoms with Crippen LogP contribution in [0.5, 0.6) is 0 Å². The van der Waals surface area contributed by atoms with E-state index in [0.717, 1.165) is 0 Å². The van der Waals surface area contributed by atoms with Crippen LogP contribution in [0.2, 0.25) is 0 Å². The van der Waals surface area contributed by atoms with Crippen LogP contribution in [-0.4, -0.2) is 13.1 Å². The highest BCUT2D eigenvalue weighted by atomic mass is 16.5. The van der Waals surface area contributed by atoms with Gasteiger partial charge in [-0.25, -0.2) is 4.79 Å². The highest BCUT2D eigenvalue weighted by Gasteiger charge is 2.05. The summed E-state index contributed by atoms with van der Waals surface area (Å²) in [6.07, 6.45) is 2.20. The van der Waals surface area contributed by atoms with E-state index in [1.54, 1.807) is 6.07 Å². The van der Waals surface area contributed by atoms with Gasteiger partial charge in [0.15, 0.2) is 0 Å². The molecule has 3 nitrogen and oxygen atoms in total. The van der Waals surface area contributed by atoms with Crippen LogP contribution in [0.3, 0.4) is 0 Å². The Balaban J connectivity index is 4.25. The molecular formula is C7H9NO2. The molecule has 0 unspecified atom stereocenters. The molecule has 0 aromatic rings. The normalized spacial score (nSPS) is 10.3. The predicted octanol–water partition coefficient (Wildman–Crippen LogP) is 1.02. The third-order valence-corrected chi connectivity index (χ3v) is 0.934. The monoisotopic (exact) mass is 139 g/mol. The molecule has 0 saturated carbocycles. The predicted molar refractivity (Wildman–Crippen MR) is 36.0 cm³/mol. The molecule has 0 N–H and O–H groups in total. The maximum Gasteiger partial charge on any atom is 0.348 e. The lowest BCUT2D eigenvalue weighted by Crippen LogP contribution is -2.02. The van der Waals surface area contributed by atoms with E-state index in [2.05, 4.69) is 4.74 Å². The van der Waals surface area contributed by atoms with Crippen molar-refractivity contribution in [3.05, 3.63) is 11.6 Å². The Bertz CT molecular complexity index is 188. The fraction of sp³-hybridized carbons (Fsp3) is 0.429. The number of methoxy groups -OCH3 is 1. The van der Waals surface area contributed by atoms with E-state index >= 15 is 0 Å². The van der Waals surface area contributed by atoms with Crippen LogP contribution in [0.25, 0.3) is 0 Å². The molecule has 0 rings (SSSR count). The number of rotatable bonds is 2. The summed E-state index contributed by atoms with van der Waals surface area (Å²) in [5.41, 5.74) is 0.0741. The van der Waals surface area contributed by atoms with E-state index in [9.17, 15) is 4.79 Å². The lowest BCUT2D eigenvalue weighted by Gasteiger charge is -1.92. The van der Waals surface area contributed by atoms with Crippen LogP contribution in [-0.2, 0) is 9.53 Å². The second-order valence-corrected chi connectivity index (χ2v) is 1.63. The maximum absolute atomic E-state index is 10.6. The molecule has 0 fully saturated rings. The minimum Gasteiger partial charge on any atom is -0.465 e. The van der Waals surface area contributed by atoms with Crippen LogP contribution in [0.4, 0.5) is 0 Å². The molecule has 0 heterocycles. The van der Waals surface area contributed by atoms with E-state index in [1.807, 2.05) is 6.92 Å². The van der Waals surface area contributed by atoms with E-state index in [0.29, 0.717) is 6.42 Å². The van der Waals surface area contributed by atoms with E-state index in [1.165, 1.54) is 13.2 Å². The van der Waals surface area contributed by atoms with Crippen LogP contribution in [0.1, 0.15) is 13.3 Å². The lowest BCUT2D eigenvalue weighted by atomic mass is 10.2. The Labute approximate surface area is 59.9 Å². The average Bonchev–Trinajstić information content (AvgIpc) is 1.99. The second-order valence-electron chi connectivity index (χ2n) is 1.63. The summed E-state index contributed by atoms with van der Waals surface area (Å²) in [6.45, 7) is 1.85. The van der Waals surface area contributed by atoms with Gasteiger partial charge in [-0.05, 0) is 6.42 Å². The summed E-state index contributed by atoms with van der Waals surface area (Å²) in [5, 5.41) is 8.34. The minimum atomic E-state index is -0.565. The molecule has 0 aliphatic heterocycles. The first-order chi connectivity index (χ1) is 4.76. The van der Waals surface area contributed by atoms with Gasteiger partial charge < -0.3 is 4.74 Å². The Hall–Kier alpha value is -1.30. The molecule has 54 valence electrons. The molecule has 0 bridgehead atoms. The van der Waals surface area contributed by atoms with Crippen LogP contribution in [0, 0.1) is 11.3 Å². The first kappa shape index (κ1) is 8.70. The van der Waals surface area contributed by atoms with Gasteiger partial charge in [-0.1, -0.05) is 13.0 Å². The molecule has 0 aromatic carbocycles. The molecule has 0 aliphatic carbocycles. The topological polar surface area (TPSA) is 50.1 Å². The third-order valence-electron chi connectivity index (χ3n) is 0.934. The zero-order chi connectivity index (χ0) is 7.98. The van der Waals surface area contributed by atoms with E-state index < -0.39 is 5.97 Å². The van der Waals surface area contributed by atoms with Crippen molar-refractivity contribution in [3.8, 4) is 6.07 Å². The van der Waals surface area contributed by atoms with Gasteiger partial charge in [-0.3, -0.25) is 0 Å². The van der Waals surface area contributed by atoms with Crippen molar-refractivity contribution in [2.24, 2.45) is 0 Å². The standard InChI is InChI=1S/C7H9NO2/c1-3-4-6(5-8)7(9)10-2/h4H,3H2,1-2H3/b6-4-. The van der Waals surface area contributed by atoms with Crippen molar-refractivity contribution in [3.63, 3.8) is 0 Å². The molecule has 0 radical (unpaired) electrons. The van der Waals surface area contributed by atoms with E-state index in [-0.39, 0.29) is 5.57 Å². The number of hydrogen-bond donors (Lipinski definition) is 0. The summed E-state index contributed by atoms with van der Waals surface area (Å²) >= 11 is 0. The molecule has 10 heavy (non-hydrogen) atoms. The Morgan fingerprint density at radius 2 is 2.40 bits per heavy atom. The van der Waals surface area contributed by atoms with Crippen molar-refractivity contribution >= 4 is 5.97 Å². The van der Waals surface area contributed by atoms with Crippen LogP contribution < -0.4 is 0 Å². The van der Waals surface area contributed by atoms with Crippen LogP contribution >= 0.6 is 0 Å². The SMILES string of the molecule is CC/C=C(/C#N)C(=O)OC. The number of carbonyl (C=O) groups is 1. The van der Waals surface area contributed by atoms with Gasteiger partial charge in [0.05, 0.1) is 7.11 Å². The van der Waals surface area contributed by atoms with Gasteiger partial charge in [0, 0.05) is 0 Å². The number of nitrogens with zero attached hydrogens (tertiary/aromatic N) is 1. The van der Waals surface area contributed by atoms with Crippen LogP contribution in [0.15, 0.2) is 11.6 Å². The molecular weight excluding hydrogens is 130 g/mol. The fourth-order valence-corrected chi connectivity index (χ4v) is 0.489. The molecule has 0 amide bonds. The van der Waals surface area contributed by atoms with Crippen molar-refractivity contribution in [1.82, 2.24) is 0 Å². The molecule has 0 spiro atoms. The van der Waals surface area contributed by atoms with Gasteiger partial charge in [0.25, 0.3) is 0 Å². The number of ether oxygens (including phenoxy) is 1. The van der Waals surface area contributed by atoms with Gasteiger partial charge in [0.2, 0.25) is 0 Å². The second kappa shape index (κ2) is 4.57. The molecule has 3 heteroatoms. The fourth-order valence-electron chi connectivity index (χ4n) is 0.489. The highest BCUT2D eigenvalue weighted by molar-refractivity contribution is 5.92. The zero-order valence-electron chi connectivity index (χ0n) is 6.05. The largest absolute Gasteiger partial charge is 0.465 e. The maximum atomic E-state index is 10.6. The van der Waals surface area contributed by atoms with Crippen molar-refractivity contribution < 1.29 is 9.53 Å². The summed E-state index contributed by atoms with van der Waals surface area (Å²) in [7, 11) is 1.25. The molecule has 0 atom stereocenters. The zero-order valence-corrected chi connectivity index (χ0v) is 6.05. The minimum absolute atomic E-state index is 0.0741. The number of esters is 1. The van der Waals surface area contributed by atoms with Gasteiger partial charge in [0.1, 0.15) is 11.6 Å². The van der Waals surface area contributed by atoms with Crippen molar-refractivity contribution in [2.75, 3.05) is 7.11 Å². The Morgan fingerprint density at radius 3 is 2.70 bits per heavy atom. The first-order valence-electron chi connectivity index (χ1n) is 2.94. The third kappa shape index (κ3) is 2.31. The number of hydrogen-bond acceptors (Lipinski definition) is 3. The van der Waals surface area contributed by atoms with Crippen molar-refractivity contribution in [2.45, 2.75) is 13.3 Å². The highest BCUT2D eigenvalue weighted by Crippen LogP contribution is 1.96. The van der Waals surface area contributed by atoms with Crippen molar-refractivity contribution in [1.29, 1.82) is 5.26 Å². The summed E-state index contributed by atoms with van der Waals surface area (Å²) in [5.74, 6) is -0.565. The number of carbonyl (C=O) groups excluding carboxylic acids is 1. The smallest absolute Gasteiger partial charge is 0.348 e. The Morgan fingerprint density at radius 1 is 1.80 bits per heavy atom. The van der Waals surface area contributed by atoms with Gasteiger partial charge in [-0.15, -0.1) is 0 Å². The molecule has 0 saturated heterocycles. The number of nitriles is 1. The van der Waals surface area contributed by atoms with Gasteiger partial charge >= 0.3 is 5.97 Å². The summed E-state index contributed by atoms with van der Waals surface area (Å²) in [6, 6.07) is 1.74. The summed E-state index contributed by atoms with van der Waals surface area (Å²) < 4.78 is 4.33. The quantitative estimate of drug-likeness (QED) is 0.326. The van der Waals surface area contributed by atoms with E-state index in [4.69, 9.17) is 5.26 Å². The first-order valence-corrected chi connectivity index (χ1v) is 2.94. The Kier molecular flexibility index (Phi) is 3.97.